The normalized spacial score (nSPS) is 28.7. The molecule has 1 fully saturated rings. The highest BCUT2D eigenvalue weighted by molar-refractivity contribution is 5.63. The van der Waals surface area contributed by atoms with Gasteiger partial charge in [0.15, 0.2) is 0 Å². The molecule has 0 amide bonds. The smallest absolute Gasteiger partial charge is 0.116 e. The zero-order chi connectivity index (χ0) is 13.0. The third-order valence-corrected chi connectivity index (χ3v) is 4.44. The van der Waals surface area contributed by atoms with Gasteiger partial charge in [-0.05, 0) is 37.3 Å². The Labute approximate surface area is 114 Å². The summed E-state index contributed by atoms with van der Waals surface area (Å²) in [5, 5.41) is 4.61. The van der Waals surface area contributed by atoms with Crippen LogP contribution in [0.1, 0.15) is 37.4 Å². The molecule has 4 rings (SSSR count). The van der Waals surface area contributed by atoms with E-state index in [-0.39, 0.29) is 0 Å². The fourth-order valence-corrected chi connectivity index (χ4v) is 3.60. The van der Waals surface area contributed by atoms with Gasteiger partial charge in [0.2, 0.25) is 0 Å². The number of hydrazine groups is 1. The molecule has 0 aromatic heterocycles. The van der Waals surface area contributed by atoms with E-state index in [1.807, 2.05) is 0 Å². The number of hydrogen-bond donors (Lipinski definition) is 0. The molecule has 1 aromatic carbocycles. The Bertz CT molecular complexity index is 549. The van der Waals surface area contributed by atoms with Gasteiger partial charge >= 0.3 is 0 Å². The topological polar surface area (TPSA) is 19.0 Å². The second kappa shape index (κ2) is 4.09. The number of ether oxygens (including phenoxy) is 1. The largest absolute Gasteiger partial charge is 0.360 e. The Kier molecular flexibility index (Phi) is 2.47. The molecule has 1 saturated heterocycles. The van der Waals surface area contributed by atoms with E-state index >= 15 is 0 Å². The van der Waals surface area contributed by atoms with Crippen molar-refractivity contribution in [3.8, 4) is 0 Å². The van der Waals surface area contributed by atoms with Gasteiger partial charge in [0, 0.05) is 25.4 Å². The van der Waals surface area contributed by atoms with Crippen molar-refractivity contribution in [3.05, 3.63) is 41.1 Å². The summed E-state index contributed by atoms with van der Waals surface area (Å²) in [6, 6.07) is 8.68. The Morgan fingerprint density at radius 1 is 1.11 bits per heavy atom. The van der Waals surface area contributed by atoms with Gasteiger partial charge in [-0.15, -0.1) is 0 Å². The number of hydrogen-bond acceptors (Lipinski definition) is 3. The van der Waals surface area contributed by atoms with Crippen molar-refractivity contribution >= 4 is 5.69 Å². The van der Waals surface area contributed by atoms with Crippen molar-refractivity contribution in [2.45, 2.75) is 37.9 Å². The number of benzene rings is 1. The standard InChI is InChI=1S/C16H20N2O/c1-17(2)18-13-9-5-3-7-11(13)15-16(19-15)12-8-4-6-10-14(12)18/h3,5,7,9,15-16H,4,6,8,10H2,1-2H3. The van der Waals surface area contributed by atoms with Crippen LogP contribution in [-0.4, -0.2) is 25.2 Å². The van der Waals surface area contributed by atoms with Gasteiger partial charge in [0.1, 0.15) is 12.2 Å². The minimum atomic E-state index is 0.296. The van der Waals surface area contributed by atoms with Crippen LogP contribution in [0.3, 0.4) is 0 Å². The van der Waals surface area contributed by atoms with Gasteiger partial charge < -0.3 is 4.74 Å². The molecule has 3 aliphatic rings. The number of epoxide rings is 1. The van der Waals surface area contributed by atoms with Crippen LogP contribution < -0.4 is 5.01 Å². The van der Waals surface area contributed by atoms with Gasteiger partial charge in [-0.25, -0.2) is 5.01 Å². The Morgan fingerprint density at radius 3 is 2.74 bits per heavy atom. The lowest BCUT2D eigenvalue weighted by Crippen LogP contribution is -2.38. The Morgan fingerprint density at radius 2 is 1.89 bits per heavy atom. The molecule has 3 nitrogen and oxygen atoms in total. The maximum atomic E-state index is 5.98. The summed E-state index contributed by atoms with van der Waals surface area (Å²) in [6.45, 7) is 0. The molecule has 0 radical (unpaired) electrons. The van der Waals surface area contributed by atoms with Crippen molar-refractivity contribution in [2.75, 3.05) is 19.1 Å². The van der Waals surface area contributed by atoms with E-state index in [2.05, 4.69) is 48.4 Å². The van der Waals surface area contributed by atoms with Crippen LogP contribution >= 0.6 is 0 Å². The minimum Gasteiger partial charge on any atom is -0.360 e. The van der Waals surface area contributed by atoms with Crippen LogP contribution in [0.4, 0.5) is 5.69 Å². The number of nitrogens with zero attached hydrogens (tertiary/aromatic N) is 2. The zero-order valence-corrected chi connectivity index (χ0v) is 11.6. The van der Waals surface area contributed by atoms with E-state index in [9.17, 15) is 0 Å². The molecule has 19 heavy (non-hydrogen) atoms. The second-order valence-corrected chi connectivity index (χ2v) is 5.87. The predicted molar refractivity (Wildman–Crippen MR) is 75.7 cm³/mol. The molecule has 3 heteroatoms. The first-order chi connectivity index (χ1) is 9.27. The van der Waals surface area contributed by atoms with Gasteiger partial charge in [-0.2, -0.15) is 0 Å². The lowest BCUT2D eigenvalue weighted by molar-refractivity contribution is 0.354. The number of fused-ring (bicyclic) bond motifs is 4. The zero-order valence-electron chi connectivity index (χ0n) is 11.6. The molecule has 2 unspecified atom stereocenters. The quantitative estimate of drug-likeness (QED) is 0.719. The molecule has 2 atom stereocenters. The summed E-state index contributed by atoms with van der Waals surface area (Å²) in [5.41, 5.74) is 5.66. The summed E-state index contributed by atoms with van der Waals surface area (Å²) in [7, 11) is 4.27. The maximum Gasteiger partial charge on any atom is 0.116 e. The van der Waals surface area contributed by atoms with Crippen molar-refractivity contribution in [1.82, 2.24) is 5.01 Å². The Hall–Kier alpha value is -1.32. The van der Waals surface area contributed by atoms with E-state index in [1.165, 1.54) is 42.6 Å². The molecule has 0 bridgehead atoms. The molecule has 1 aromatic rings. The summed E-state index contributed by atoms with van der Waals surface area (Å²) < 4.78 is 5.98. The van der Waals surface area contributed by atoms with Crippen LogP contribution in [0.5, 0.6) is 0 Å². The first-order valence-electron chi connectivity index (χ1n) is 7.21. The highest BCUT2D eigenvalue weighted by Crippen LogP contribution is 2.53. The Balaban J connectivity index is 1.91. The van der Waals surface area contributed by atoms with Crippen LogP contribution in [0.25, 0.3) is 0 Å². The van der Waals surface area contributed by atoms with Gasteiger partial charge in [0.25, 0.3) is 0 Å². The van der Waals surface area contributed by atoms with Crippen LogP contribution in [0.15, 0.2) is 35.5 Å². The van der Waals surface area contributed by atoms with Crippen molar-refractivity contribution < 1.29 is 4.74 Å². The van der Waals surface area contributed by atoms with Crippen molar-refractivity contribution in [2.24, 2.45) is 0 Å². The monoisotopic (exact) mass is 256 g/mol. The molecule has 2 heterocycles. The van der Waals surface area contributed by atoms with E-state index in [0.29, 0.717) is 12.2 Å². The molecular weight excluding hydrogens is 236 g/mol. The lowest BCUT2D eigenvalue weighted by Gasteiger charge is -2.36. The molecular formula is C16H20N2O. The predicted octanol–water partition coefficient (Wildman–Crippen LogP) is 3.25. The summed E-state index contributed by atoms with van der Waals surface area (Å²) >= 11 is 0. The first-order valence-corrected chi connectivity index (χ1v) is 7.21. The number of rotatable bonds is 1. The van der Waals surface area contributed by atoms with Gasteiger partial charge in [-0.3, -0.25) is 5.01 Å². The first kappa shape index (κ1) is 11.5. The number of anilines is 1. The van der Waals surface area contributed by atoms with Gasteiger partial charge in [-0.1, -0.05) is 18.2 Å². The van der Waals surface area contributed by atoms with E-state index < -0.39 is 0 Å². The van der Waals surface area contributed by atoms with E-state index in [4.69, 9.17) is 4.74 Å². The van der Waals surface area contributed by atoms with Gasteiger partial charge in [0.05, 0.1) is 5.69 Å². The molecule has 2 aliphatic heterocycles. The summed E-state index contributed by atoms with van der Waals surface area (Å²) in [6.07, 6.45) is 5.63. The van der Waals surface area contributed by atoms with Crippen LogP contribution in [0, 0.1) is 0 Å². The van der Waals surface area contributed by atoms with E-state index in [1.54, 1.807) is 5.57 Å². The molecule has 0 N–H and O–H groups in total. The lowest BCUT2D eigenvalue weighted by atomic mass is 9.93. The third kappa shape index (κ3) is 1.65. The van der Waals surface area contributed by atoms with Crippen molar-refractivity contribution in [1.29, 1.82) is 0 Å². The van der Waals surface area contributed by atoms with E-state index in [0.717, 1.165) is 0 Å². The molecule has 100 valence electrons. The maximum absolute atomic E-state index is 5.98. The summed E-state index contributed by atoms with van der Waals surface area (Å²) in [5.74, 6) is 0. The highest BCUT2D eigenvalue weighted by atomic mass is 16.6. The molecule has 1 aliphatic carbocycles. The highest BCUT2D eigenvalue weighted by Gasteiger charge is 2.48. The molecule has 0 saturated carbocycles. The molecule has 0 spiro atoms. The number of para-hydroxylation sites is 1. The van der Waals surface area contributed by atoms with Crippen LogP contribution in [0.2, 0.25) is 0 Å². The number of allylic oxidation sites excluding steroid dienone is 1. The fraction of sp³-hybridized carbons (Fsp3) is 0.500. The fourth-order valence-electron chi connectivity index (χ4n) is 3.60. The third-order valence-electron chi connectivity index (χ3n) is 4.44. The average molecular weight is 256 g/mol. The second-order valence-electron chi connectivity index (χ2n) is 5.87. The SMILES string of the molecule is CN(C)N1C2=C(CCCC2)C2OC2c2ccccc21. The summed E-state index contributed by atoms with van der Waals surface area (Å²) in [4.78, 5) is 0. The average Bonchev–Trinajstić information content (AvgIpc) is 3.19. The van der Waals surface area contributed by atoms with Crippen molar-refractivity contribution in [3.63, 3.8) is 0 Å². The van der Waals surface area contributed by atoms with Crippen LogP contribution in [-0.2, 0) is 4.74 Å². The minimum absolute atomic E-state index is 0.296.